The standard InChI is InChI=1S/C16H24N2O5S2/c1-22-10-6-17-15(19)13-11-12-3-9-23-16(14(12)24-13)4-7-18(8-5-16)25(2,20)21/h11H,3-10H2,1-2H3,(H,17,19). The second-order valence-electron chi connectivity index (χ2n) is 6.47. The smallest absolute Gasteiger partial charge is 0.261 e. The van der Waals surface area contributed by atoms with E-state index in [1.165, 1.54) is 21.9 Å². The molecule has 0 saturated carbocycles. The van der Waals surface area contributed by atoms with E-state index < -0.39 is 15.6 Å². The van der Waals surface area contributed by atoms with Crippen molar-refractivity contribution in [2.45, 2.75) is 24.9 Å². The van der Waals surface area contributed by atoms with E-state index in [0.717, 1.165) is 16.9 Å². The van der Waals surface area contributed by atoms with Crippen LogP contribution in [-0.4, -0.2) is 64.8 Å². The predicted octanol–water partition coefficient (Wildman–Crippen LogP) is 0.948. The summed E-state index contributed by atoms with van der Waals surface area (Å²) in [6.07, 6.45) is 3.27. The van der Waals surface area contributed by atoms with E-state index in [4.69, 9.17) is 9.47 Å². The molecule has 2 aliphatic rings. The normalized spacial score (nSPS) is 20.4. The van der Waals surface area contributed by atoms with E-state index in [1.54, 1.807) is 7.11 Å². The highest BCUT2D eigenvalue weighted by atomic mass is 32.2. The van der Waals surface area contributed by atoms with Gasteiger partial charge in [0, 0.05) is 31.6 Å². The fraction of sp³-hybridized carbons (Fsp3) is 0.688. The van der Waals surface area contributed by atoms with Gasteiger partial charge in [0.05, 0.1) is 24.3 Å². The molecule has 7 nitrogen and oxygen atoms in total. The van der Waals surface area contributed by atoms with Crippen molar-refractivity contribution in [2.24, 2.45) is 0 Å². The van der Waals surface area contributed by atoms with Gasteiger partial charge in [-0.1, -0.05) is 0 Å². The molecule has 1 N–H and O–H groups in total. The number of ether oxygens (including phenoxy) is 2. The Morgan fingerprint density at radius 1 is 1.44 bits per heavy atom. The molecule has 1 saturated heterocycles. The first-order valence-electron chi connectivity index (χ1n) is 8.35. The molecule has 0 aliphatic carbocycles. The summed E-state index contributed by atoms with van der Waals surface area (Å²) in [7, 11) is -1.58. The number of nitrogens with zero attached hydrogens (tertiary/aromatic N) is 1. The van der Waals surface area contributed by atoms with E-state index in [-0.39, 0.29) is 5.91 Å². The zero-order valence-electron chi connectivity index (χ0n) is 14.5. The van der Waals surface area contributed by atoms with Crippen molar-refractivity contribution in [1.82, 2.24) is 9.62 Å². The molecular weight excluding hydrogens is 364 g/mol. The van der Waals surface area contributed by atoms with E-state index >= 15 is 0 Å². The van der Waals surface area contributed by atoms with Gasteiger partial charge in [-0.25, -0.2) is 12.7 Å². The second kappa shape index (κ2) is 7.32. The zero-order chi connectivity index (χ0) is 18.1. The quantitative estimate of drug-likeness (QED) is 0.759. The average molecular weight is 389 g/mol. The molecule has 1 fully saturated rings. The lowest BCUT2D eigenvalue weighted by Gasteiger charge is -2.42. The molecule has 0 radical (unpaired) electrons. The number of hydrogen-bond acceptors (Lipinski definition) is 6. The summed E-state index contributed by atoms with van der Waals surface area (Å²) in [5.74, 6) is -0.0971. The molecular formula is C16H24N2O5S2. The molecule has 1 spiro atoms. The lowest BCUT2D eigenvalue weighted by molar-refractivity contribution is -0.0861. The minimum absolute atomic E-state index is 0.0971. The van der Waals surface area contributed by atoms with Gasteiger partial charge in [-0.05, 0) is 30.9 Å². The second-order valence-corrected chi connectivity index (χ2v) is 9.50. The zero-order valence-corrected chi connectivity index (χ0v) is 16.2. The molecule has 140 valence electrons. The van der Waals surface area contributed by atoms with Gasteiger partial charge in [0.1, 0.15) is 5.60 Å². The number of sulfonamides is 1. The summed E-state index contributed by atoms with van der Waals surface area (Å²) in [6.45, 7) is 2.46. The van der Waals surface area contributed by atoms with Crippen LogP contribution in [0.2, 0.25) is 0 Å². The van der Waals surface area contributed by atoms with Crippen molar-refractivity contribution in [3.8, 4) is 0 Å². The van der Waals surface area contributed by atoms with Crippen molar-refractivity contribution in [2.75, 3.05) is 46.2 Å². The van der Waals surface area contributed by atoms with Crippen molar-refractivity contribution in [1.29, 1.82) is 0 Å². The number of fused-ring (bicyclic) bond motifs is 2. The van der Waals surface area contributed by atoms with Gasteiger partial charge >= 0.3 is 0 Å². The van der Waals surface area contributed by atoms with E-state index in [1.807, 2.05) is 6.07 Å². The maximum atomic E-state index is 12.3. The van der Waals surface area contributed by atoms with Gasteiger partial charge in [-0.2, -0.15) is 0 Å². The van der Waals surface area contributed by atoms with Crippen LogP contribution in [0.3, 0.4) is 0 Å². The Labute approximate surface area is 152 Å². The first kappa shape index (κ1) is 18.8. The van der Waals surface area contributed by atoms with Gasteiger partial charge < -0.3 is 14.8 Å². The average Bonchev–Trinajstić information content (AvgIpc) is 3.01. The van der Waals surface area contributed by atoms with Crippen LogP contribution in [0.25, 0.3) is 0 Å². The largest absolute Gasteiger partial charge is 0.383 e. The van der Waals surface area contributed by atoms with Crippen LogP contribution in [0.15, 0.2) is 6.07 Å². The maximum Gasteiger partial charge on any atom is 0.261 e. The maximum absolute atomic E-state index is 12.3. The van der Waals surface area contributed by atoms with E-state index in [2.05, 4.69) is 5.32 Å². The predicted molar refractivity (Wildman–Crippen MR) is 95.5 cm³/mol. The molecule has 3 heterocycles. The monoisotopic (exact) mass is 388 g/mol. The molecule has 0 bridgehead atoms. The fourth-order valence-electron chi connectivity index (χ4n) is 3.44. The number of amides is 1. The molecule has 0 atom stereocenters. The lowest BCUT2D eigenvalue weighted by Crippen LogP contribution is -2.47. The summed E-state index contributed by atoms with van der Waals surface area (Å²) in [5.41, 5.74) is 0.700. The molecule has 1 aromatic heterocycles. The molecule has 1 amide bonds. The molecule has 0 unspecified atom stereocenters. The summed E-state index contributed by atoms with van der Waals surface area (Å²) in [4.78, 5) is 14.1. The van der Waals surface area contributed by atoms with Gasteiger partial charge in [-0.15, -0.1) is 11.3 Å². The summed E-state index contributed by atoms with van der Waals surface area (Å²) < 4.78 is 36.1. The first-order valence-corrected chi connectivity index (χ1v) is 11.0. The van der Waals surface area contributed by atoms with Crippen LogP contribution in [0, 0.1) is 0 Å². The SMILES string of the molecule is COCCNC(=O)c1cc2c(s1)C1(CCN(S(C)(=O)=O)CC1)OCC2. The number of carbonyl (C=O) groups excluding carboxylic acids is 1. The van der Waals surface area contributed by atoms with Crippen LogP contribution in [0.5, 0.6) is 0 Å². The Balaban J connectivity index is 1.77. The summed E-state index contributed by atoms with van der Waals surface area (Å²) in [6, 6.07) is 1.95. The number of nitrogens with one attached hydrogen (secondary N) is 1. The third kappa shape index (κ3) is 3.90. The Morgan fingerprint density at radius 3 is 2.80 bits per heavy atom. The minimum atomic E-state index is -3.17. The highest BCUT2D eigenvalue weighted by Crippen LogP contribution is 2.45. The summed E-state index contributed by atoms with van der Waals surface area (Å²) in [5, 5.41) is 2.85. The lowest BCUT2D eigenvalue weighted by atomic mass is 9.86. The Hall–Kier alpha value is -1.00. The van der Waals surface area contributed by atoms with Crippen molar-refractivity contribution < 1.29 is 22.7 Å². The third-order valence-corrected chi connectivity index (χ3v) is 7.45. The van der Waals surface area contributed by atoms with Crippen molar-refractivity contribution in [3.05, 3.63) is 21.4 Å². The Morgan fingerprint density at radius 2 is 2.16 bits per heavy atom. The van der Waals surface area contributed by atoms with E-state index in [0.29, 0.717) is 50.6 Å². The molecule has 9 heteroatoms. The van der Waals surface area contributed by atoms with Gasteiger partial charge in [0.15, 0.2) is 0 Å². The molecule has 1 aromatic rings. The van der Waals surface area contributed by atoms with Crippen LogP contribution < -0.4 is 5.32 Å². The van der Waals surface area contributed by atoms with Crippen molar-refractivity contribution >= 4 is 27.3 Å². The van der Waals surface area contributed by atoms with Crippen LogP contribution in [-0.2, 0) is 31.5 Å². The van der Waals surface area contributed by atoms with E-state index in [9.17, 15) is 13.2 Å². The number of methoxy groups -OCH3 is 1. The number of carbonyl (C=O) groups is 1. The van der Waals surface area contributed by atoms with Crippen molar-refractivity contribution in [3.63, 3.8) is 0 Å². The Bertz CT molecular complexity index is 736. The number of hydrogen-bond donors (Lipinski definition) is 1. The van der Waals surface area contributed by atoms with Gasteiger partial charge in [0.25, 0.3) is 5.91 Å². The molecule has 3 rings (SSSR count). The number of thiophene rings is 1. The third-order valence-electron chi connectivity index (χ3n) is 4.79. The topological polar surface area (TPSA) is 84.9 Å². The minimum Gasteiger partial charge on any atom is -0.383 e. The summed E-state index contributed by atoms with van der Waals surface area (Å²) >= 11 is 1.47. The van der Waals surface area contributed by atoms with Crippen LogP contribution in [0.1, 0.15) is 33.0 Å². The number of rotatable bonds is 5. The molecule has 25 heavy (non-hydrogen) atoms. The van der Waals surface area contributed by atoms with Gasteiger partial charge in [0.2, 0.25) is 10.0 Å². The van der Waals surface area contributed by atoms with Crippen LogP contribution in [0.4, 0.5) is 0 Å². The molecule has 2 aliphatic heterocycles. The Kier molecular flexibility index (Phi) is 5.50. The van der Waals surface area contributed by atoms with Crippen LogP contribution >= 0.6 is 11.3 Å². The fourth-order valence-corrected chi connectivity index (χ4v) is 5.61. The van der Waals surface area contributed by atoms with Gasteiger partial charge in [-0.3, -0.25) is 4.79 Å². The first-order chi connectivity index (χ1) is 11.9. The number of piperidine rings is 1. The molecule has 0 aromatic carbocycles. The highest BCUT2D eigenvalue weighted by molar-refractivity contribution is 7.88. The highest BCUT2D eigenvalue weighted by Gasteiger charge is 2.44.